The molecular formula is C11H20N2O5S. The van der Waals surface area contributed by atoms with Gasteiger partial charge in [0.15, 0.2) is 0 Å². The maximum atomic E-state index is 11.8. The molecule has 0 aromatic rings. The molecule has 2 N–H and O–H groups in total. The van der Waals surface area contributed by atoms with E-state index in [-0.39, 0.29) is 24.9 Å². The predicted octanol–water partition coefficient (Wildman–Crippen LogP) is -0.0727. The van der Waals surface area contributed by atoms with Crippen LogP contribution in [0.25, 0.3) is 0 Å². The molecule has 8 heteroatoms. The van der Waals surface area contributed by atoms with E-state index >= 15 is 0 Å². The van der Waals surface area contributed by atoms with Crippen LogP contribution < -0.4 is 5.32 Å². The minimum Gasteiger partial charge on any atom is -0.481 e. The number of carboxylic acid groups (broad SMARTS) is 1. The molecule has 1 saturated heterocycles. The van der Waals surface area contributed by atoms with Crippen molar-refractivity contribution in [3.05, 3.63) is 0 Å². The first kappa shape index (κ1) is 15.7. The number of aliphatic carboxylic acids is 1. The molecule has 1 aliphatic rings. The molecule has 1 atom stereocenters. The Hall–Kier alpha value is -1.31. The summed E-state index contributed by atoms with van der Waals surface area (Å²) in [6.07, 6.45) is 1.93. The highest BCUT2D eigenvalue weighted by molar-refractivity contribution is 7.90. The zero-order valence-electron chi connectivity index (χ0n) is 11.2. The van der Waals surface area contributed by atoms with Gasteiger partial charge in [0.1, 0.15) is 9.84 Å². The Bertz CT molecular complexity index is 462. The summed E-state index contributed by atoms with van der Waals surface area (Å²) >= 11 is 0. The highest BCUT2D eigenvalue weighted by Gasteiger charge is 2.42. The first-order valence-electron chi connectivity index (χ1n) is 6.08. The summed E-state index contributed by atoms with van der Waals surface area (Å²) in [6, 6.07) is -0.335. The van der Waals surface area contributed by atoms with E-state index in [1.165, 1.54) is 4.90 Å². The van der Waals surface area contributed by atoms with Gasteiger partial charge in [-0.05, 0) is 19.8 Å². The largest absolute Gasteiger partial charge is 0.481 e. The van der Waals surface area contributed by atoms with Gasteiger partial charge in [-0.3, -0.25) is 4.79 Å². The highest BCUT2D eigenvalue weighted by atomic mass is 32.2. The van der Waals surface area contributed by atoms with Gasteiger partial charge in [-0.2, -0.15) is 0 Å². The van der Waals surface area contributed by atoms with Gasteiger partial charge in [0.05, 0.1) is 11.2 Å². The summed E-state index contributed by atoms with van der Waals surface area (Å²) in [7, 11) is -3.01. The Kier molecular flexibility index (Phi) is 4.78. The Labute approximate surface area is 112 Å². The van der Waals surface area contributed by atoms with Crippen molar-refractivity contribution >= 4 is 21.8 Å². The van der Waals surface area contributed by atoms with Crippen molar-refractivity contribution in [1.82, 2.24) is 10.2 Å². The lowest BCUT2D eigenvalue weighted by molar-refractivity contribution is -0.147. The predicted molar refractivity (Wildman–Crippen MR) is 69.7 cm³/mol. The van der Waals surface area contributed by atoms with E-state index < -0.39 is 21.2 Å². The Morgan fingerprint density at radius 1 is 1.42 bits per heavy atom. The fraction of sp³-hybridized carbons (Fsp3) is 0.818. The van der Waals surface area contributed by atoms with Crippen LogP contribution in [0, 0.1) is 5.41 Å². The van der Waals surface area contributed by atoms with E-state index in [0.717, 1.165) is 6.26 Å². The second-order valence-corrected chi connectivity index (χ2v) is 7.51. The molecule has 2 amide bonds. The molecule has 1 aliphatic heterocycles. The Morgan fingerprint density at radius 3 is 2.53 bits per heavy atom. The van der Waals surface area contributed by atoms with Gasteiger partial charge < -0.3 is 15.3 Å². The number of amides is 2. The molecule has 0 saturated carbocycles. The van der Waals surface area contributed by atoms with Crippen molar-refractivity contribution < 1.29 is 23.1 Å². The normalized spacial score (nSPS) is 23.4. The lowest BCUT2D eigenvalue weighted by Crippen LogP contribution is -2.41. The zero-order valence-corrected chi connectivity index (χ0v) is 12.0. The van der Waals surface area contributed by atoms with Gasteiger partial charge in [0.2, 0.25) is 0 Å². The molecule has 19 heavy (non-hydrogen) atoms. The number of hydrogen-bond acceptors (Lipinski definition) is 4. The lowest BCUT2D eigenvalue weighted by atomic mass is 9.90. The Morgan fingerprint density at radius 2 is 2.05 bits per heavy atom. The van der Waals surface area contributed by atoms with E-state index in [2.05, 4.69) is 5.32 Å². The summed E-state index contributed by atoms with van der Waals surface area (Å²) in [5, 5.41) is 11.7. The van der Waals surface area contributed by atoms with E-state index in [9.17, 15) is 18.0 Å². The zero-order chi connectivity index (χ0) is 14.7. The van der Waals surface area contributed by atoms with Crippen LogP contribution in [0.5, 0.6) is 0 Å². The summed E-state index contributed by atoms with van der Waals surface area (Å²) in [5.74, 6) is -0.875. The molecule has 0 aliphatic carbocycles. The third kappa shape index (κ3) is 4.70. The van der Waals surface area contributed by atoms with Crippen LogP contribution in [-0.2, 0) is 14.6 Å². The van der Waals surface area contributed by atoms with Crippen LogP contribution in [-0.4, -0.2) is 62.1 Å². The third-order valence-corrected chi connectivity index (χ3v) is 4.28. The summed E-state index contributed by atoms with van der Waals surface area (Å²) in [6.45, 7) is 2.47. The minimum atomic E-state index is -3.01. The smallest absolute Gasteiger partial charge is 0.317 e. The second-order valence-electron chi connectivity index (χ2n) is 5.25. The standard InChI is InChI=1S/C11H20N2O5S/c1-11(9(14)15)4-6-13(8-11)10(16)12-5-3-7-19(2,17)18/h3-8H2,1-2H3,(H,12,16)(H,14,15). The molecule has 110 valence electrons. The lowest BCUT2D eigenvalue weighted by Gasteiger charge is -2.20. The molecule has 1 heterocycles. The van der Waals surface area contributed by atoms with E-state index in [4.69, 9.17) is 5.11 Å². The molecule has 1 rings (SSSR count). The monoisotopic (exact) mass is 292 g/mol. The summed E-state index contributed by atoms with van der Waals surface area (Å²) in [4.78, 5) is 24.2. The van der Waals surface area contributed by atoms with Gasteiger partial charge >= 0.3 is 12.0 Å². The molecule has 7 nitrogen and oxygen atoms in total. The number of rotatable bonds is 5. The molecule has 1 fully saturated rings. The molecule has 0 aromatic carbocycles. The maximum absolute atomic E-state index is 11.8. The first-order chi connectivity index (χ1) is 8.64. The number of hydrogen-bond donors (Lipinski definition) is 2. The number of nitrogens with zero attached hydrogens (tertiary/aromatic N) is 1. The number of sulfone groups is 1. The van der Waals surface area contributed by atoms with Gasteiger partial charge in [0.25, 0.3) is 0 Å². The van der Waals surface area contributed by atoms with Crippen LogP contribution in [0.2, 0.25) is 0 Å². The van der Waals surface area contributed by atoms with E-state index in [1.54, 1.807) is 6.92 Å². The fourth-order valence-electron chi connectivity index (χ4n) is 1.95. The Balaban J connectivity index is 2.34. The van der Waals surface area contributed by atoms with Crippen molar-refractivity contribution in [2.45, 2.75) is 19.8 Å². The van der Waals surface area contributed by atoms with Gasteiger partial charge in [0, 0.05) is 25.9 Å². The molecule has 1 unspecified atom stereocenters. The van der Waals surface area contributed by atoms with Crippen molar-refractivity contribution in [3.8, 4) is 0 Å². The number of carbonyl (C=O) groups excluding carboxylic acids is 1. The summed E-state index contributed by atoms with van der Waals surface area (Å²) < 4.78 is 21.8. The van der Waals surface area contributed by atoms with Crippen molar-refractivity contribution in [1.29, 1.82) is 0 Å². The van der Waals surface area contributed by atoms with Crippen molar-refractivity contribution in [3.63, 3.8) is 0 Å². The molecule has 0 bridgehead atoms. The van der Waals surface area contributed by atoms with E-state index in [1.807, 2.05) is 0 Å². The maximum Gasteiger partial charge on any atom is 0.317 e. The number of nitrogens with one attached hydrogen (secondary N) is 1. The van der Waals surface area contributed by atoms with E-state index in [0.29, 0.717) is 19.4 Å². The summed E-state index contributed by atoms with van der Waals surface area (Å²) in [5.41, 5.74) is -0.885. The quantitative estimate of drug-likeness (QED) is 0.690. The average Bonchev–Trinajstić information content (AvgIpc) is 2.67. The number of carbonyl (C=O) groups is 2. The molecule has 0 spiro atoms. The topological polar surface area (TPSA) is 104 Å². The SMILES string of the molecule is CC1(C(=O)O)CCN(C(=O)NCCCS(C)(=O)=O)C1. The first-order valence-corrected chi connectivity index (χ1v) is 8.14. The number of urea groups is 1. The van der Waals surface area contributed by atoms with Gasteiger partial charge in [-0.25, -0.2) is 13.2 Å². The number of likely N-dealkylation sites (tertiary alicyclic amines) is 1. The van der Waals surface area contributed by atoms with Gasteiger partial charge in [-0.15, -0.1) is 0 Å². The third-order valence-electron chi connectivity index (χ3n) is 3.24. The van der Waals surface area contributed by atoms with Crippen LogP contribution in [0.1, 0.15) is 19.8 Å². The highest BCUT2D eigenvalue weighted by Crippen LogP contribution is 2.29. The van der Waals surface area contributed by atoms with Gasteiger partial charge in [-0.1, -0.05) is 0 Å². The van der Waals surface area contributed by atoms with Crippen LogP contribution in [0.4, 0.5) is 4.79 Å². The fourth-order valence-corrected chi connectivity index (χ4v) is 2.62. The second kappa shape index (κ2) is 5.77. The van der Waals surface area contributed by atoms with Crippen LogP contribution in [0.3, 0.4) is 0 Å². The minimum absolute atomic E-state index is 0.0279. The van der Waals surface area contributed by atoms with Crippen molar-refractivity contribution in [2.75, 3.05) is 31.6 Å². The van der Waals surface area contributed by atoms with Crippen molar-refractivity contribution in [2.24, 2.45) is 5.41 Å². The van der Waals surface area contributed by atoms with Crippen LogP contribution in [0.15, 0.2) is 0 Å². The average molecular weight is 292 g/mol. The van der Waals surface area contributed by atoms with Crippen LogP contribution >= 0.6 is 0 Å². The molecular weight excluding hydrogens is 272 g/mol. The molecule has 0 aromatic heterocycles. The molecule has 0 radical (unpaired) electrons. The number of carboxylic acids is 1.